The zero-order valence-corrected chi connectivity index (χ0v) is 13.0. The number of nitrogens with two attached hydrogens (primary N) is 1. The maximum atomic E-state index is 6.14. The van der Waals surface area contributed by atoms with E-state index in [-0.39, 0.29) is 12.1 Å². The molecule has 3 nitrogen and oxygen atoms in total. The summed E-state index contributed by atoms with van der Waals surface area (Å²) in [7, 11) is 0. The average molecular weight is 345 g/mol. The van der Waals surface area contributed by atoms with Crippen LogP contribution < -0.4 is 10.5 Å². The van der Waals surface area contributed by atoms with Crippen molar-refractivity contribution >= 4 is 27.5 Å². The van der Waals surface area contributed by atoms with E-state index in [1.54, 1.807) is 12.1 Å². The summed E-state index contributed by atoms with van der Waals surface area (Å²) >= 11 is 9.50. The van der Waals surface area contributed by atoms with Crippen molar-refractivity contribution in [3.63, 3.8) is 0 Å². The molecule has 2 aromatic rings. The highest BCUT2D eigenvalue weighted by Crippen LogP contribution is 2.32. The van der Waals surface area contributed by atoms with E-state index in [1.807, 2.05) is 32.0 Å². The van der Waals surface area contributed by atoms with E-state index in [1.165, 1.54) is 0 Å². The number of rotatable bonds is 4. The summed E-state index contributed by atoms with van der Waals surface area (Å²) in [5.41, 5.74) is 5.97. The van der Waals surface area contributed by atoms with Crippen molar-refractivity contribution in [1.82, 2.24) is 0 Å². The third-order valence-corrected chi connectivity index (χ3v) is 3.46. The quantitative estimate of drug-likeness (QED) is 0.890. The van der Waals surface area contributed by atoms with E-state index in [0.29, 0.717) is 16.5 Å². The highest BCUT2D eigenvalue weighted by Gasteiger charge is 2.22. The van der Waals surface area contributed by atoms with E-state index in [2.05, 4.69) is 15.9 Å². The minimum absolute atomic E-state index is 0.217. The molecule has 0 aliphatic rings. The summed E-state index contributed by atoms with van der Waals surface area (Å²) in [5.74, 6) is 2.11. The molecule has 0 aliphatic heterocycles. The molecule has 0 bridgehead atoms. The van der Waals surface area contributed by atoms with Crippen LogP contribution >= 0.6 is 27.5 Å². The zero-order valence-electron chi connectivity index (χ0n) is 10.7. The predicted octanol–water partition coefficient (Wildman–Crippen LogP) is 4.47. The van der Waals surface area contributed by atoms with Crippen LogP contribution in [0, 0.1) is 6.92 Å². The van der Waals surface area contributed by atoms with Crippen LogP contribution in [-0.4, -0.2) is 6.04 Å². The minimum atomic E-state index is -0.368. The number of hydrogen-bond acceptors (Lipinski definition) is 3. The lowest BCUT2D eigenvalue weighted by atomic mass is 10.1. The zero-order chi connectivity index (χ0) is 14.0. The summed E-state index contributed by atoms with van der Waals surface area (Å²) in [6, 6.07) is 8.99. The van der Waals surface area contributed by atoms with Crippen molar-refractivity contribution in [3.8, 4) is 5.75 Å². The Labute approximate surface area is 125 Å². The van der Waals surface area contributed by atoms with Crippen LogP contribution in [0.5, 0.6) is 5.75 Å². The van der Waals surface area contributed by atoms with E-state index in [0.717, 1.165) is 10.2 Å². The fourth-order valence-electron chi connectivity index (χ4n) is 1.74. The molecule has 0 fully saturated rings. The van der Waals surface area contributed by atoms with Gasteiger partial charge in [-0.05, 0) is 44.2 Å². The van der Waals surface area contributed by atoms with Crippen LogP contribution in [0.2, 0.25) is 5.02 Å². The molecule has 2 unspecified atom stereocenters. The van der Waals surface area contributed by atoms with E-state index < -0.39 is 0 Å². The number of ether oxygens (including phenoxy) is 1. The first-order valence-corrected chi connectivity index (χ1v) is 7.08. The van der Waals surface area contributed by atoms with Gasteiger partial charge in [-0.25, -0.2) is 0 Å². The minimum Gasteiger partial charge on any atom is -0.479 e. The van der Waals surface area contributed by atoms with Crippen molar-refractivity contribution in [2.75, 3.05) is 0 Å². The summed E-state index contributed by atoms with van der Waals surface area (Å²) in [6.45, 7) is 3.75. The third-order valence-electron chi connectivity index (χ3n) is 2.67. The molecule has 5 heteroatoms. The summed E-state index contributed by atoms with van der Waals surface area (Å²) < 4.78 is 12.4. The number of hydrogen-bond donors (Lipinski definition) is 1. The van der Waals surface area contributed by atoms with Gasteiger partial charge in [0, 0.05) is 10.5 Å². The Balaban J connectivity index is 2.26. The van der Waals surface area contributed by atoms with Crippen LogP contribution in [-0.2, 0) is 0 Å². The maximum absolute atomic E-state index is 6.14. The van der Waals surface area contributed by atoms with E-state index >= 15 is 0 Å². The topological polar surface area (TPSA) is 48.4 Å². The largest absolute Gasteiger partial charge is 0.479 e. The van der Waals surface area contributed by atoms with Crippen LogP contribution in [0.15, 0.2) is 39.2 Å². The molecule has 1 aromatic heterocycles. The second-order valence-electron chi connectivity index (χ2n) is 4.42. The molecule has 1 aromatic carbocycles. The molecule has 0 amide bonds. The Morgan fingerprint density at radius 3 is 2.58 bits per heavy atom. The monoisotopic (exact) mass is 343 g/mol. The molecule has 102 valence electrons. The summed E-state index contributed by atoms with van der Waals surface area (Å²) in [4.78, 5) is 0. The normalized spacial score (nSPS) is 14.2. The molecule has 0 saturated carbocycles. The van der Waals surface area contributed by atoms with Gasteiger partial charge in [-0.3, -0.25) is 0 Å². The first-order chi connectivity index (χ1) is 8.97. The number of aryl methyl sites for hydroxylation is 1. The molecular formula is C14H15BrClNO2. The van der Waals surface area contributed by atoms with Gasteiger partial charge in [-0.15, -0.1) is 0 Å². The van der Waals surface area contributed by atoms with Gasteiger partial charge in [0.05, 0.1) is 5.02 Å². The number of furan rings is 1. The van der Waals surface area contributed by atoms with Crippen molar-refractivity contribution in [2.24, 2.45) is 5.73 Å². The van der Waals surface area contributed by atoms with Crippen LogP contribution in [0.25, 0.3) is 0 Å². The molecule has 1 heterocycles. The Kier molecular flexibility index (Phi) is 4.55. The van der Waals surface area contributed by atoms with E-state index in [9.17, 15) is 0 Å². The molecule has 2 rings (SSSR count). The van der Waals surface area contributed by atoms with Crippen molar-refractivity contribution in [1.29, 1.82) is 0 Å². The number of benzene rings is 1. The number of halogens is 2. The standard InChI is InChI=1S/C14H15BrClNO2/c1-8-3-5-13(18-8)14(9(2)17)19-12-6-4-10(15)7-11(12)16/h3-7,9,14H,17H2,1-2H3. The van der Waals surface area contributed by atoms with Gasteiger partial charge in [-0.2, -0.15) is 0 Å². The van der Waals surface area contributed by atoms with Gasteiger partial charge in [-0.1, -0.05) is 27.5 Å². The third kappa shape index (κ3) is 3.53. The molecule has 0 radical (unpaired) electrons. The molecule has 19 heavy (non-hydrogen) atoms. The molecule has 0 saturated heterocycles. The molecule has 0 spiro atoms. The molecule has 2 atom stereocenters. The smallest absolute Gasteiger partial charge is 0.171 e. The first kappa shape index (κ1) is 14.4. The lowest BCUT2D eigenvalue weighted by Gasteiger charge is -2.21. The average Bonchev–Trinajstić information content (AvgIpc) is 2.74. The molecule has 0 aliphatic carbocycles. The van der Waals surface area contributed by atoms with Crippen molar-refractivity contribution < 1.29 is 9.15 Å². The van der Waals surface area contributed by atoms with Gasteiger partial charge in [0.15, 0.2) is 6.10 Å². The fourth-order valence-corrected chi connectivity index (χ4v) is 2.46. The first-order valence-electron chi connectivity index (χ1n) is 5.91. The highest BCUT2D eigenvalue weighted by molar-refractivity contribution is 9.10. The lowest BCUT2D eigenvalue weighted by molar-refractivity contribution is 0.152. The summed E-state index contributed by atoms with van der Waals surface area (Å²) in [6.07, 6.45) is -0.368. The van der Waals surface area contributed by atoms with Crippen molar-refractivity contribution in [2.45, 2.75) is 26.0 Å². The van der Waals surface area contributed by atoms with Gasteiger partial charge >= 0.3 is 0 Å². The SMILES string of the molecule is Cc1ccc(C(Oc2ccc(Br)cc2Cl)C(C)N)o1. The Hall–Kier alpha value is -0.970. The molecular weight excluding hydrogens is 330 g/mol. The van der Waals surface area contributed by atoms with Gasteiger partial charge in [0.1, 0.15) is 17.3 Å². The Morgan fingerprint density at radius 2 is 2.05 bits per heavy atom. The Bertz CT molecular complexity index is 568. The lowest BCUT2D eigenvalue weighted by Crippen LogP contribution is -2.28. The highest BCUT2D eigenvalue weighted by atomic mass is 79.9. The Morgan fingerprint density at radius 1 is 1.32 bits per heavy atom. The maximum Gasteiger partial charge on any atom is 0.171 e. The second kappa shape index (κ2) is 5.99. The molecule has 2 N–H and O–H groups in total. The van der Waals surface area contributed by atoms with Gasteiger partial charge in [0.25, 0.3) is 0 Å². The van der Waals surface area contributed by atoms with Crippen LogP contribution in [0.1, 0.15) is 24.5 Å². The van der Waals surface area contributed by atoms with E-state index in [4.69, 9.17) is 26.5 Å². The van der Waals surface area contributed by atoms with Gasteiger partial charge < -0.3 is 14.9 Å². The van der Waals surface area contributed by atoms with Crippen LogP contribution in [0.3, 0.4) is 0 Å². The fraction of sp³-hybridized carbons (Fsp3) is 0.286. The summed E-state index contributed by atoms with van der Waals surface area (Å²) in [5, 5.41) is 0.531. The van der Waals surface area contributed by atoms with Gasteiger partial charge in [0.2, 0.25) is 0 Å². The van der Waals surface area contributed by atoms with Crippen molar-refractivity contribution in [3.05, 3.63) is 51.3 Å². The van der Waals surface area contributed by atoms with Crippen LogP contribution in [0.4, 0.5) is 0 Å². The second-order valence-corrected chi connectivity index (χ2v) is 5.74. The predicted molar refractivity (Wildman–Crippen MR) is 79.6 cm³/mol.